The number of nitrogens with zero attached hydrogens (tertiary/aromatic N) is 2. The molecule has 1 amide bonds. The van der Waals surface area contributed by atoms with E-state index in [2.05, 4.69) is 10.2 Å². The van der Waals surface area contributed by atoms with Crippen LogP contribution < -0.4 is 0 Å². The number of ether oxygens (including phenoxy) is 1. The first-order valence-electron chi connectivity index (χ1n) is 9.16. The van der Waals surface area contributed by atoms with Gasteiger partial charge in [0.2, 0.25) is 0 Å². The SMILES string of the molecule is COCCN1C(=O)c2[nH]nc(-c3cc(Cl)c(C)cc3O)c2C1c1ccc(Cl)c(Cl)c1. The fourth-order valence-corrected chi connectivity index (χ4v) is 4.18. The Bertz CT molecular complexity index is 1150. The van der Waals surface area contributed by atoms with Crippen LogP contribution in [-0.4, -0.2) is 46.4 Å². The number of aryl methyl sites for hydroxylation is 1. The number of rotatable bonds is 5. The van der Waals surface area contributed by atoms with Crippen LogP contribution in [0.5, 0.6) is 5.75 Å². The number of aromatic hydroxyl groups is 1. The van der Waals surface area contributed by atoms with Crippen molar-refractivity contribution in [3.05, 3.63) is 67.8 Å². The molecule has 156 valence electrons. The largest absolute Gasteiger partial charge is 0.507 e. The van der Waals surface area contributed by atoms with Gasteiger partial charge in [-0.15, -0.1) is 0 Å². The molecule has 1 unspecified atom stereocenters. The molecule has 0 spiro atoms. The minimum atomic E-state index is -0.481. The molecule has 6 nitrogen and oxygen atoms in total. The third kappa shape index (κ3) is 3.44. The van der Waals surface area contributed by atoms with E-state index < -0.39 is 6.04 Å². The van der Waals surface area contributed by atoms with E-state index in [-0.39, 0.29) is 11.7 Å². The van der Waals surface area contributed by atoms with Crippen molar-refractivity contribution in [1.82, 2.24) is 15.1 Å². The van der Waals surface area contributed by atoms with Crippen LogP contribution in [-0.2, 0) is 4.74 Å². The lowest BCUT2D eigenvalue weighted by Crippen LogP contribution is -2.32. The molecule has 0 saturated heterocycles. The summed E-state index contributed by atoms with van der Waals surface area (Å²) in [7, 11) is 1.58. The van der Waals surface area contributed by atoms with E-state index in [0.29, 0.717) is 50.7 Å². The van der Waals surface area contributed by atoms with Crippen LogP contribution in [0.1, 0.15) is 33.2 Å². The number of carbonyl (C=O) groups is 1. The van der Waals surface area contributed by atoms with Gasteiger partial charge < -0.3 is 14.7 Å². The molecule has 0 saturated carbocycles. The van der Waals surface area contributed by atoms with Crippen molar-refractivity contribution in [3.8, 4) is 17.0 Å². The van der Waals surface area contributed by atoms with Gasteiger partial charge in [-0.25, -0.2) is 0 Å². The van der Waals surface area contributed by atoms with Crippen LogP contribution in [0.4, 0.5) is 0 Å². The molecule has 1 aromatic heterocycles. The number of fused-ring (bicyclic) bond motifs is 1. The number of hydrogen-bond donors (Lipinski definition) is 2. The van der Waals surface area contributed by atoms with E-state index in [4.69, 9.17) is 39.5 Å². The monoisotopic (exact) mass is 465 g/mol. The fourth-order valence-electron chi connectivity index (χ4n) is 3.71. The number of methoxy groups -OCH3 is 1. The summed E-state index contributed by atoms with van der Waals surface area (Å²) in [5, 5.41) is 19.0. The Balaban J connectivity index is 1.91. The zero-order valence-corrected chi connectivity index (χ0v) is 18.4. The second-order valence-corrected chi connectivity index (χ2v) is 8.27. The van der Waals surface area contributed by atoms with Gasteiger partial charge in [0.1, 0.15) is 17.1 Å². The van der Waals surface area contributed by atoms with Crippen molar-refractivity contribution in [2.75, 3.05) is 20.3 Å². The molecule has 9 heteroatoms. The number of aromatic nitrogens is 2. The molecule has 0 fully saturated rings. The van der Waals surface area contributed by atoms with Gasteiger partial charge in [-0.1, -0.05) is 40.9 Å². The van der Waals surface area contributed by atoms with Gasteiger partial charge >= 0.3 is 0 Å². The quantitative estimate of drug-likeness (QED) is 0.539. The summed E-state index contributed by atoms with van der Waals surface area (Å²) in [5.74, 6) is -0.184. The Morgan fingerprint density at radius 1 is 1.17 bits per heavy atom. The number of H-pyrrole nitrogens is 1. The first kappa shape index (κ1) is 21.0. The minimum Gasteiger partial charge on any atom is -0.507 e. The Morgan fingerprint density at radius 2 is 1.93 bits per heavy atom. The number of amides is 1. The molecule has 0 aliphatic carbocycles. The lowest BCUT2D eigenvalue weighted by molar-refractivity contribution is 0.0677. The average Bonchev–Trinajstić information content (AvgIpc) is 3.24. The van der Waals surface area contributed by atoms with E-state index in [9.17, 15) is 9.90 Å². The second-order valence-electron chi connectivity index (χ2n) is 7.05. The number of halogens is 3. The molecule has 0 bridgehead atoms. The standard InChI is InChI=1S/C21H18Cl3N3O3/c1-10-7-16(28)12(9-14(10)23)18-17-19(26-25-18)21(29)27(5-6-30-2)20(17)11-3-4-13(22)15(24)8-11/h3-4,7-9,20,28H,5-6H2,1-2H3,(H,25,26). The van der Waals surface area contributed by atoms with Crippen molar-refractivity contribution in [3.63, 3.8) is 0 Å². The molecule has 4 rings (SSSR count). The summed E-state index contributed by atoms with van der Waals surface area (Å²) < 4.78 is 5.19. The lowest BCUT2D eigenvalue weighted by atomic mass is 9.95. The number of hydrogen-bond acceptors (Lipinski definition) is 4. The maximum absolute atomic E-state index is 13.1. The van der Waals surface area contributed by atoms with Crippen LogP contribution in [0.15, 0.2) is 30.3 Å². The smallest absolute Gasteiger partial charge is 0.273 e. The predicted octanol–water partition coefficient (Wildman–Crippen LogP) is 5.24. The zero-order valence-electron chi connectivity index (χ0n) is 16.2. The molecular weight excluding hydrogens is 449 g/mol. The highest BCUT2D eigenvalue weighted by atomic mass is 35.5. The number of nitrogens with one attached hydrogen (secondary N) is 1. The maximum Gasteiger partial charge on any atom is 0.273 e. The van der Waals surface area contributed by atoms with Gasteiger partial charge in [-0.2, -0.15) is 5.10 Å². The van der Waals surface area contributed by atoms with Crippen LogP contribution in [0, 0.1) is 6.92 Å². The highest BCUT2D eigenvalue weighted by Gasteiger charge is 2.42. The Labute approximate surface area is 188 Å². The van der Waals surface area contributed by atoms with Crippen molar-refractivity contribution in [2.24, 2.45) is 0 Å². The molecule has 30 heavy (non-hydrogen) atoms. The third-order valence-electron chi connectivity index (χ3n) is 5.19. The zero-order chi connectivity index (χ0) is 21.6. The molecule has 2 aromatic carbocycles. The summed E-state index contributed by atoms with van der Waals surface area (Å²) in [5.41, 5.74) is 3.40. The van der Waals surface area contributed by atoms with Gasteiger partial charge in [-0.3, -0.25) is 9.89 Å². The summed E-state index contributed by atoms with van der Waals surface area (Å²) in [4.78, 5) is 14.8. The average molecular weight is 467 g/mol. The highest BCUT2D eigenvalue weighted by molar-refractivity contribution is 6.42. The fraction of sp³-hybridized carbons (Fsp3) is 0.238. The number of aromatic amines is 1. The summed E-state index contributed by atoms with van der Waals surface area (Å²) in [6.45, 7) is 2.52. The van der Waals surface area contributed by atoms with Crippen LogP contribution in [0.3, 0.4) is 0 Å². The van der Waals surface area contributed by atoms with Crippen LogP contribution >= 0.6 is 34.8 Å². The van der Waals surface area contributed by atoms with Crippen molar-refractivity contribution in [1.29, 1.82) is 0 Å². The normalized spacial score (nSPS) is 15.7. The molecule has 1 atom stereocenters. The maximum atomic E-state index is 13.1. The van der Waals surface area contributed by atoms with Gasteiger partial charge in [0.05, 0.1) is 22.7 Å². The molecule has 3 aromatic rings. The molecular formula is C21H18Cl3N3O3. The molecule has 1 aliphatic heterocycles. The van der Waals surface area contributed by atoms with Gasteiger partial charge in [0.25, 0.3) is 5.91 Å². The van der Waals surface area contributed by atoms with Gasteiger partial charge in [-0.05, 0) is 42.3 Å². The van der Waals surface area contributed by atoms with Gasteiger partial charge in [0.15, 0.2) is 0 Å². The predicted molar refractivity (Wildman–Crippen MR) is 117 cm³/mol. The Hall–Kier alpha value is -2.25. The second kappa shape index (κ2) is 8.12. The number of carbonyl (C=O) groups excluding carboxylic acids is 1. The summed E-state index contributed by atoms with van der Waals surface area (Å²) >= 11 is 18.7. The first-order chi connectivity index (χ1) is 14.3. The number of phenolic OH excluding ortho intramolecular Hbond substituents is 1. The molecule has 2 N–H and O–H groups in total. The first-order valence-corrected chi connectivity index (χ1v) is 10.3. The molecule has 0 radical (unpaired) electrons. The molecule has 1 aliphatic rings. The van der Waals surface area contributed by atoms with Crippen molar-refractivity contribution < 1.29 is 14.6 Å². The lowest BCUT2D eigenvalue weighted by Gasteiger charge is -2.26. The Kier molecular flexibility index (Phi) is 5.68. The van der Waals surface area contributed by atoms with Crippen LogP contribution in [0.2, 0.25) is 15.1 Å². The van der Waals surface area contributed by atoms with Gasteiger partial charge in [0, 0.05) is 29.8 Å². The minimum absolute atomic E-state index is 0.0295. The molecule has 2 heterocycles. The van der Waals surface area contributed by atoms with Crippen molar-refractivity contribution >= 4 is 40.7 Å². The number of benzene rings is 2. The third-order valence-corrected chi connectivity index (χ3v) is 6.34. The van der Waals surface area contributed by atoms with E-state index in [0.717, 1.165) is 11.1 Å². The van der Waals surface area contributed by atoms with Crippen molar-refractivity contribution in [2.45, 2.75) is 13.0 Å². The number of phenols is 1. The van der Waals surface area contributed by atoms with E-state index in [1.165, 1.54) is 0 Å². The van der Waals surface area contributed by atoms with Crippen LogP contribution in [0.25, 0.3) is 11.3 Å². The summed E-state index contributed by atoms with van der Waals surface area (Å²) in [6, 6.07) is 7.99. The van der Waals surface area contributed by atoms with E-state index in [1.54, 1.807) is 43.2 Å². The topological polar surface area (TPSA) is 78.5 Å². The highest BCUT2D eigenvalue weighted by Crippen LogP contribution is 2.45. The van der Waals surface area contributed by atoms with E-state index >= 15 is 0 Å². The summed E-state index contributed by atoms with van der Waals surface area (Å²) in [6.07, 6.45) is 0. The Morgan fingerprint density at radius 3 is 2.63 bits per heavy atom. The van der Waals surface area contributed by atoms with E-state index in [1.807, 2.05) is 6.07 Å².